The van der Waals surface area contributed by atoms with Crippen molar-refractivity contribution in [3.63, 3.8) is 0 Å². The minimum atomic E-state index is -1.77. The van der Waals surface area contributed by atoms with E-state index in [1.807, 2.05) is 0 Å². The topological polar surface area (TPSA) is 231 Å². The number of ether oxygens (including phenoxy) is 6. The van der Waals surface area contributed by atoms with Crippen molar-refractivity contribution in [2.45, 2.75) is 248 Å². The summed E-state index contributed by atoms with van der Waals surface area (Å²) in [6.07, 6.45) is 23.1. The highest BCUT2D eigenvalue weighted by Crippen LogP contribution is 2.26. The zero-order valence-corrected chi connectivity index (χ0v) is 40.4. The van der Waals surface area contributed by atoms with E-state index < -0.39 is 92.7 Å². The predicted octanol–water partition coefficient (Wildman–Crippen LogP) is 6.93. The Labute approximate surface area is 395 Å². The minimum Gasteiger partial charge on any atom is -0.462 e. The third kappa shape index (κ3) is 26.5. The lowest BCUT2D eigenvalue weighted by Crippen LogP contribution is -2.61. The molecule has 0 aromatic carbocycles. The summed E-state index contributed by atoms with van der Waals surface area (Å²) in [5.41, 5.74) is 0. The summed E-state index contributed by atoms with van der Waals surface area (Å²) in [5.74, 6) is -0.940. The molecule has 2 rings (SSSR count). The van der Waals surface area contributed by atoms with Crippen LogP contribution in [0.4, 0.5) is 0 Å². The van der Waals surface area contributed by atoms with Crippen molar-refractivity contribution in [2.75, 3.05) is 26.4 Å². The number of unbranched alkanes of at least 4 members (excludes halogenated alkanes) is 19. The fraction of sp³-hybridized carbons (Fsp3) is 0.843. The largest absolute Gasteiger partial charge is 0.462 e. The van der Waals surface area contributed by atoms with Crippen LogP contribution in [0.1, 0.15) is 181 Å². The SMILES string of the molecule is CC/C=C\C/C=C\C/C=C\CCCCCCCC(=O)OC[C@@H](CO[C@@H]1O[C@H](CO[C@H]2O[C@H](CO)[C@H](O)[C@H](O)[C@H]2O)[C@H](O)[C@H](O)[C@H]1O)OC(=O)CCCCCCCCCCCCCCCCC. The van der Waals surface area contributed by atoms with Crippen molar-refractivity contribution in [3.8, 4) is 0 Å². The van der Waals surface area contributed by atoms with Gasteiger partial charge in [0.25, 0.3) is 0 Å². The zero-order valence-electron chi connectivity index (χ0n) is 40.4. The van der Waals surface area contributed by atoms with Crippen LogP contribution in [0.3, 0.4) is 0 Å². The second-order valence-corrected chi connectivity index (χ2v) is 18.0. The second-order valence-electron chi connectivity index (χ2n) is 18.0. The van der Waals surface area contributed by atoms with Crippen LogP contribution in [0.15, 0.2) is 36.5 Å². The molecule has 2 aliphatic rings. The Kier molecular flexibility index (Phi) is 35.0. The van der Waals surface area contributed by atoms with Gasteiger partial charge in [-0.2, -0.15) is 0 Å². The molecule has 66 heavy (non-hydrogen) atoms. The second kappa shape index (κ2) is 38.6. The molecule has 0 unspecified atom stereocenters. The van der Waals surface area contributed by atoms with E-state index in [4.69, 9.17) is 28.4 Å². The average Bonchev–Trinajstić information content (AvgIpc) is 3.31. The van der Waals surface area contributed by atoms with E-state index in [-0.39, 0.29) is 26.1 Å². The van der Waals surface area contributed by atoms with Gasteiger partial charge in [0, 0.05) is 12.8 Å². The summed E-state index contributed by atoms with van der Waals surface area (Å²) >= 11 is 0. The average molecular weight is 943 g/mol. The number of aliphatic hydroxyl groups is 7. The van der Waals surface area contributed by atoms with Crippen LogP contribution in [0, 0.1) is 0 Å². The maximum Gasteiger partial charge on any atom is 0.306 e. The van der Waals surface area contributed by atoms with Gasteiger partial charge in [0.05, 0.1) is 19.8 Å². The zero-order chi connectivity index (χ0) is 48.2. The number of esters is 2. The molecular formula is C51H90O15. The number of rotatable bonds is 39. The van der Waals surface area contributed by atoms with Gasteiger partial charge < -0.3 is 64.2 Å². The maximum atomic E-state index is 13.0. The van der Waals surface area contributed by atoms with Crippen molar-refractivity contribution in [1.82, 2.24) is 0 Å². The highest BCUT2D eigenvalue weighted by atomic mass is 16.7. The predicted molar refractivity (Wildman–Crippen MR) is 252 cm³/mol. The Morgan fingerprint density at radius 2 is 0.955 bits per heavy atom. The summed E-state index contributed by atoms with van der Waals surface area (Å²) in [6, 6.07) is 0. The van der Waals surface area contributed by atoms with E-state index in [1.54, 1.807) is 0 Å². The molecule has 2 fully saturated rings. The van der Waals surface area contributed by atoms with E-state index in [9.17, 15) is 45.3 Å². The Morgan fingerprint density at radius 3 is 1.50 bits per heavy atom. The van der Waals surface area contributed by atoms with Gasteiger partial charge in [-0.25, -0.2) is 0 Å². The number of hydrogen-bond acceptors (Lipinski definition) is 15. The lowest BCUT2D eigenvalue weighted by molar-refractivity contribution is -0.332. The molecular weight excluding hydrogens is 853 g/mol. The van der Waals surface area contributed by atoms with E-state index in [1.165, 1.54) is 70.6 Å². The van der Waals surface area contributed by atoms with Crippen LogP contribution in [0.2, 0.25) is 0 Å². The highest BCUT2D eigenvalue weighted by Gasteiger charge is 2.47. The summed E-state index contributed by atoms with van der Waals surface area (Å²) in [5, 5.41) is 72.0. The molecule has 11 atom stereocenters. The van der Waals surface area contributed by atoms with Crippen LogP contribution < -0.4 is 0 Å². The molecule has 0 spiro atoms. The molecule has 7 N–H and O–H groups in total. The highest BCUT2D eigenvalue weighted by molar-refractivity contribution is 5.70. The van der Waals surface area contributed by atoms with Crippen LogP contribution in [0.5, 0.6) is 0 Å². The number of aliphatic hydroxyl groups excluding tert-OH is 7. The number of carbonyl (C=O) groups excluding carboxylic acids is 2. The Balaban J connectivity index is 1.82. The Hall–Kier alpha value is -2.28. The molecule has 2 heterocycles. The van der Waals surface area contributed by atoms with Gasteiger partial charge in [0.1, 0.15) is 55.4 Å². The minimum absolute atomic E-state index is 0.164. The van der Waals surface area contributed by atoms with Gasteiger partial charge in [0.15, 0.2) is 18.7 Å². The molecule has 2 aliphatic heterocycles. The van der Waals surface area contributed by atoms with Crippen LogP contribution in [0.25, 0.3) is 0 Å². The molecule has 0 amide bonds. The van der Waals surface area contributed by atoms with Gasteiger partial charge in [0.2, 0.25) is 0 Å². The Bertz CT molecular complexity index is 1290. The van der Waals surface area contributed by atoms with Gasteiger partial charge in [-0.05, 0) is 44.9 Å². The van der Waals surface area contributed by atoms with Crippen LogP contribution in [-0.2, 0) is 38.0 Å². The molecule has 2 saturated heterocycles. The third-order valence-corrected chi connectivity index (χ3v) is 12.1. The molecule has 15 nitrogen and oxygen atoms in total. The number of carbonyl (C=O) groups is 2. The smallest absolute Gasteiger partial charge is 0.306 e. The first-order valence-electron chi connectivity index (χ1n) is 25.6. The number of hydrogen-bond donors (Lipinski definition) is 7. The van der Waals surface area contributed by atoms with E-state index in [0.29, 0.717) is 12.8 Å². The Morgan fingerprint density at radius 1 is 0.500 bits per heavy atom. The van der Waals surface area contributed by atoms with Crippen molar-refractivity contribution in [2.24, 2.45) is 0 Å². The fourth-order valence-electron chi connectivity index (χ4n) is 7.94. The molecule has 0 aromatic heterocycles. The first-order valence-corrected chi connectivity index (χ1v) is 25.6. The van der Waals surface area contributed by atoms with E-state index in [0.717, 1.165) is 70.6 Å². The molecule has 0 aliphatic carbocycles. The van der Waals surface area contributed by atoms with Crippen LogP contribution in [-0.4, -0.2) is 142 Å². The monoisotopic (exact) mass is 943 g/mol. The standard InChI is InChI=1S/C51H90O15/c1-3-5-7-9-11-13-15-17-19-21-23-25-27-29-31-33-42(53)61-36-39(64-43(54)34-32-30-28-26-24-22-20-18-16-14-12-10-8-6-4-2)37-62-50-49(60)47(58)45(56)41(66-50)38-63-51-48(59)46(57)44(55)40(35-52)65-51/h5,7,11,13,17,19,39-41,44-52,55-60H,3-4,6,8-10,12,14-16,18,20-38H2,1-2H3/b7-5-,13-11-,19-17-/t39-,40+,41+,44-,45-,46-,47-,48+,49+,50+,51-/m0/s1. The lowest BCUT2D eigenvalue weighted by atomic mass is 9.98. The van der Waals surface area contributed by atoms with E-state index in [2.05, 4.69) is 50.3 Å². The molecule has 15 heteroatoms. The summed E-state index contributed by atoms with van der Waals surface area (Å²) < 4.78 is 33.6. The maximum absolute atomic E-state index is 13.0. The fourth-order valence-corrected chi connectivity index (χ4v) is 7.94. The first-order chi connectivity index (χ1) is 32.0. The first kappa shape index (κ1) is 59.8. The van der Waals surface area contributed by atoms with Gasteiger partial charge in [-0.1, -0.05) is 159 Å². The molecule has 0 bridgehead atoms. The molecule has 0 aromatic rings. The summed E-state index contributed by atoms with van der Waals surface area (Å²) in [7, 11) is 0. The van der Waals surface area contributed by atoms with Gasteiger partial charge >= 0.3 is 11.9 Å². The van der Waals surface area contributed by atoms with E-state index >= 15 is 0 Å². The van der Waals surface area contributed by atoms with Gasteiger partial charge in [-0.15, -0.1) is 0 Å². The molecule has 0 saturated carbocycles. The lowest BCUT2D eigenvalue weighted by Gasteiger charge is -2.42. The summed E-state index contributed by atoms with van der Waals surface area (Å²) in [6.45, 7) is 2.47. The van der Waals surface area contributed by atoms with Gasteiger partial charge in [-0.3, -0.25) is 9.59 Å². The van der Waals surface area contributed by atoms with Crippen LogP contribution >= 0.6 is 0 Å². The van der Waals surface area contributed by atoms with Crippen molar-refractivity contribution in [3.05, 3.63) is 36.5 Å². The van der Waals surface area contributed by atoms with Crippen molar-refractivity contribution in [1.29, 1.82) is 0 Å². The van der Waals surface area contributed by atoms with Crippen molar-refractivity contribution < 1.29 is 73.8 Å². The number of allylic oxidation sites excluding steroid dienone is 6. The van der Waals surface area contributed by atoms with Crippen molar-refractivity contribution >= 4 is 11.9 Å². The normalized spacial score (nSPS) is 26.4. The third-order valence-electron chi connectivity index (χ3n) is 12.1. The molecule has 384 valence electrons. The summed E-state index contributed by atoms with van der Waals surface area (Å²) in [4.78, 5) is 25.7. The quantitative estimate of drug-likeness (QED) is 0.0188. The molecule has 0 radical (unpaired) electrons.